The molecule has 0 saturated heterocycles. The van der Waals surface area contributed by atoms with Gasteiger partial charge in [0, 0.05) is 17.8 Å². The van der Waals surface area contributed by atoms with Crippen LogP contribution in [0.15, 0.2) is 54.7 Å². The van der Waals surface area contributed by atoms with Gasteiger partial charge in [0.1, 0.15) is 11.9 Å². The zero-order valence-corrected chi connectivity index (χ0v) is 16.2. The lowest BCUT2D eigenvalue weighted by molar-refractivity contribution is 0.0256. The van der Waals surface area contributed by atoms with Crippen LogP contribution in [-0.4, -0.2) is 43.1 Å². The summed E-state index contributed by atoms with van der Waals surface area (Å²) in [5, 5.41) is 30.8. The fourth-order valence-electron chi connectivity index (χ4n) is 4.30. The van der Waals surface area contributed by atoms with Crippen molar-refractivity contribution in [3.63, 3.8) is 0 Å². The highest BCUT2D eigenvalue weighted by molar-refractivity contribution is 5.97. The van der Waals surface area contributed by atoms with Crippen LogP contribution >= 0.6 is 0 Å². The average Bonchev–Trinajstić information content (AvgIpc) is 3.25. The highest BCUT2D eigenvalue weighted by atomic mass is 16.3. The minimum atomic E-state index is -0.865. The molecule has 0 spiro atoms. The van der Waals surface area contributed by atoms with Gasteiger partial charge in [0.25, 0.3) is 0 Å². The Morgan fingerprint density at radius 3 is 2.72 bits per heavy atom. The molecule has 29 heavy (non-hydrogen) atoms. The Bertz CT molecular complexity index is 1200. The number of aliphatic hydroxyl groups excluding tert-OH is 2. The molecule has 2 aromatic heterocycles. The molecule has 1 saturated carbocycles. The van der Waals surface area contributed by atoms with Crippen molar-refractivity contribution in [2.45, 2.75) is 31.6 Å². The summed E-state index contributed by atoms with van der Waals surface area (Å²) in [6.45, 7) is 6.01. The third-order valence-electron chi connectivity index (χ3n) is 5.89. The van der Waals surface area contributed by atoms with Gasteiger partial charge in [-0.05, 0) is 48.6 Å². The first kappa shape index (κ1) is 18.1. The first-order valence-electron chi connectivity index (χ1n) is 9.82. The molecular weight excluding hydrogens is 364 g/mol. The molecule has 0 unspecified atom stereocenters. The van der Waals surface area contributed by atoms with Gasteiger partial charge in [-0.1, -0.05) is 36.4 Å². The number of rotatable bonds is 3. The summed E-state index contributed by atoms with van der Waals surface area (Å²) < 4.78 is 1.76. The number of aliphatic hydroxyl groups is 2. The number of nitrogens with one attached hydrogen (secondary N) is 1. The second-order valence-electron chi connectivity index (χ2n) is 7.84. The van der Waals surface area contributed by atoms with E-state index in [0.29, 0.717) is 6.42 Å². The van der Waals surface area contributed by atoms with Crippen molar-refractivity contribution in [1.82, 2.24) is 14.6 Å². The summed E-state index contributed by atoms with van der Waals surface area (Å²) in [7, 11) is 0. The second kappa shape index (κ2) is 6.83. The maximum Gasteiger partial charge on any atom is 0.157 e. The van der Waals surface area contributed by atoms with Gasteiger partial charge in [0.2, 0.25) is 0 Å². The van der Waals surface area contributed by atoms with Crippen LogP contribution in [0.4, 0.5) is 5.82 Å². The summed E-state index contributed by atoms with van der Waals surface area (Å²) in [5.41, 5.74) is 3.81. The van der Waals surface area contributed by atoms with Crippen molar-refractivity contribution in [3.05, 3.63) is 67.2 Å². The first-order chi connectivity index (χ1) is 14.0. The number of hydrogen-bond acceptors (Lipinski definition) is 5. The lowest BCUT2D eigenvalue weighted by Gasteiger charge is -2.19. The molecule has 4 atom stereocenters. The molecule has 6 heteroatoms. The van der Waals surface area contributed by atoms with Gasteiger partial charge in [0.15, 0.2) is 5.65 Å². The molecule has 4 aromatic rings. The lowest BCUT2D eigenvalue weighted by atomic mass is 9.97. The molecule has 0 amide bonds. The van der Waals surface area contributed by atoms with Gasteiger partial charge in [-0.2, -0.15) is 9.61 Å². The molecule has 2 heterocycles. The van der Waals surface area contributed by atoms with Crippen LogP contribution in [0.25, 0.3) is 27.7 Å². The normalized spacial score (nSPS) is 24.4. The van der Waals surface area contributed by atoms with E-state index in [1.54, 1.807) is 10.7 Å². The summed E-state index contributed by atoms with van der Waals surface area (Å²) in [6.07, 6.45) is 0.619. The largest absolute Gasteiger partial charge is 0.390 e. The molecular formula is C23H23N4O2. The van der Waals surface area contributed by atoms with Crippen LogP contribution in [-0.2, 0) is 0 Å². The van der Waals surface area contributed by atoms with Crippen molar-refractivity contribution in [3.8, 4) is 11.3 Å². The number of aryl methyl sites for hydroxylation is 1. The minimum Gasteiger partial charge on any atom is -0.390 e. The number of fused-ring (bicyclic) bond motifs is 2. The number of anilines is 1. The number of benzene rings is 2. The molecule has 1 aliphatic rings. The minimum absolute atomic E-state index is 0.202. The van der Waals surface area contributed by atoms with E-state index in [4.69, 9.17) is 5.10 Å². The Labute approximate surface area is 168 Å². The molecule has 0 aliphatic heterocycles. The summed E-state index contributed by atoms with van der Waals surface area (Å²) in [5.74, 6) is 0.524. The van der Waals surface area contributed by atoms with Gasteiger partial charge in [-0.15, -0.1) is 0 Å². The Kier molecular flexibility index (Phi) is 4.26. The predicted molar refractivity (Wildman–Crippen MR) is 114 cm³/mol. The van der Waals surface area contributed by atoms with Crippen molar-refractivity contribution in [2.24, 2.45) is 5.92 Å². The molecule has 2 aromatic carbocycles. The van der Waals surface area contributed by atoms with Crippen LogP contribution in [0, 0.1) is 19.8 Å². The van der Waals surface area contributed by atoms with E-state index in [9.17, 15) is 10.2 Å². The Hall–Kier alpha value is -2.96. The van der Waals surface area contributed by atoms with Crippen molar-refractivity contribution in [1.29, 1.82) is 0 Å². The molecule has 147 valence electrons. The fraction of sp³-hybridized carbons (Fsp3) is 0.261. The predicted octanol–water partition coefficient (Wildman–Crippen LogP) is 3.21. The van der Waals surface area contributed by atoms with E-state index in [1.807, 2.05) is 24.3 Å². The standard InChI is InChI=1S/C23H23N4O2/c1-13-7-8-15-5-3-4-6-16(15)21(13)17-12-20-24-10-9-19(27(20)26-17)25-18-11-14(2)22(28)23(18)29/h3-10,12,14,18,22-23,25,28-29H,2,11H2,1H3/t14-,18-,22-,23+/m1/s1. The molecule has 1 aliphatic carbocycles. The summed E-state index contributed by atoms with van der Waals surface area (Å²) >= 11 is 0. The number of aromatic nitrogens is 3. The maximum absolute atomic E-state index is 10.3. The number of hydrogen-bond donors (Lipinski definition) is 3. The van der Waals surface area contributed by atoms with E-state index in [-0.39, 0.29) is 12.0 Å². The highest BCUT2D eigenvalue weighted by Crippen LogP contribution is 2.33. The number of nitrogens with zero attached hydrogens (tertiary/aromatic N) is 3. The second-order valence-corrected chi connectivity index (χ2v) is 7.84. The quantitative estimate of drug-likeness (QED) is 0.503. The smallest absolute Gasteiger partial charge is 0.157 e. The third-order valence-corrected chi connectivity index (χ3v) is 5.89. The Morgan fingerprint density at radius 1 is 1.10 bits per heavy atom. The monoisotopic (exact) mass is 387 g/mol. The van der Waals surface area contributed by atoms with E-state index in [2.05, 4.69) is 48.4 Å². The van der Waals surface area contributed by atoms with Crippen LogP contribution in [0.2, 0.25) is 0 Å². The Balaban J connectivity index is 1.59. The van der Waals surface area contributed by atoms with E-state index < -0.39 is 12.2 Å². The zero-order valence-electron chi connectivity index (χ0n) is 16.2. The molecule has 5 rings (SSSR count). The molecule has 3 N–H and O–H groups in total. The van der Waals surface area contributed by atoms with Gasteiger partial charge < -0.3 is 15.5 Å². The first-order valence-corrected chi connectivity index (χ1v) is 9.82. The summed E-state index contributed by atoms with van der Waals surface area (Å²) in [4.78, 5) is 4.46. The van der Waals surface area contributed by atoms with E-state index in [0.717, 1.165) is 33.7 Å². The Morgan fingerprint density at radius 2 is 1.93 bits per heavy atom. The molecule has 0 bridgehead atoms. The van der Waals surface area contributed by atoms with Gasteiger partial charge in [-0.3, -0.25) is 0 Å². The van der Waals surface area contributed by atoms with Crippen LogP contribution < -0.4 is 5.32 Å². The molecule has 1 fully saturated rings. The van der Waals surface area contributed by atoms with Crippen molar-refractivity contribution >= 4 is 22.2 Å². The van der Waals surface area contributed by atoms with Crippen molar-refractivity contribution in [2.75, 3.05) is 5.32 Å². The topological polar surface area (TPSA) is 82.7 Å². The fourth-order valence-corrected chi connectivity index (χ4v) is 4.30. The van der Waals surface area contributed by atoms with Gasteiger partial charge >= 0.3 is 0 Å². The highest BCUT2D eigenvalue weighted by Gasteiger charge is 2.39. The van der Waals surface area contributed by atoms with Crippen LogP contribution in [0.1, 0.15) is 12.0 Å². The van der Waals surface area contributed by atoms with Crippen LogP contribution in [0.3, 0.4) is 0 Å². The van der Waals surface area contributed by atoms with E-state index >= 15 is 0 Å². The van der Waals surface area contributed by atoms with E-state index in [1.165, 1.54) is 5.39 Å². The van der Waals surface area contributed by atoms with Crippen molar-refractivity contribution < 1.29 is 10.2 Å². The lowest BCUT2D eigenvalue weighted by Crippen LogP contribution is -2.35. The maximum atomic E-state index is 10.3. The van der Waals surface area contributed by atoms with Gasteiger partial charge in [-0.25, -0.2) is 4.98 Å². The van der Waals surface area contributed by atoms with Crippen LogP contribution in [0.5, 0.6) is 0 Å². The zero-order chi connectivity index (χ0) is 20.1. The van der Waals surface area contributed by atoms with Gasteiger partial charge in [0.05, 0.1) is 17.8 Å². The molecule has 1 radical (unpaired) electrons. The molecule has 6 nitrogen and oxygen atoms in total. The average molecular weight is 387 g/mol. The summed E-state index contributed by atoms with van der Waals surface area (Å²) in [6, 6.07) is 16.0. The SMILES string of the molecule is [CH2][C@@H]1C[C@@H](Nc2ccnc3cc(-c4c(C)ccc5ccccc45)nn23)[C@H](O)[C@@H]1O. The third kappa shape index (κ3) is 2.96.